The van der Waals surface area contributed by atoms with Crippen molar-refractivity contribution in [2.45, 2.75) is 64.7 Å². The first-order valence-corrected chi connectivity index (χ1v) is 9.68. The van der Waals surface area contributed by atoms with Crippen LogP contribution in [0.3, 0.4) is 0 Å². The van der Waals surface area contributed by atoms with Crippen LogP contribution < -0.4 is 12.4 Å². The van der Waals surface area contributed by atoms with E-state index in [4.69, 9.17) is 0 Å². The normalized spacial score (nSPS) is 13.1. The molecule has 0 aliphatic heterocycles. The molecule has 0 heterocycles. The largest absolute Gasteiger partial charge is 1.00 e. The molecule has 24 heavy (non-hydrogen) atoms. The van der Waals surface area contributed by atoms with Gasteiger partial charge in [0.25, 0.3) is 0 Å². The summed E-state index contributed by atoms with van der Waals surface area (Å²) >= 11 is 0. The van der Waals surface area contributed by atoms with Crippen molar-refractivity contribution < 1.29 is 16.9 Å². The predicted octanol–water partition coefficient (Wildman–Crippen LogP) is 3.01. The average molecular weight is 352 g/mol. The second kappa shape index (κ2) is 14.5. The quantitative estimate of drug-likeness (QED) is 0.274. The summed E-state index contributed by atoms with van der Waals surface area (Å²) in [6, 6.07) is 10.9. The van der Waals surface area contributed by atoms with Crippen molar-refractivity contribution in [3.05, 3.63) is 48.6 Å². The van der Waals surface area contributed by atoms with Crippen molar-refractivity contribution in [2.75, 3.05) is 26.7 Å². The van der Waals surface area contributed by atoms with Crippen molar-refractivity contribution in [3.63, 3.8) is 0 Å². The lowest BCUT2D eigenvalue weighted by Crippen LogP contribution is -3.00. The molecule has 0 saturated heterocycles. The third-order valence-corrected chi connectivity index (χ3v) is 4.90. The number of likely N-dealkylation sites (N-methyl/N-ethyl adjacent to an activating group) is 1. The highest BCUT2D eigenvalue weighted by molar-refractivity contribution is 5.14. The molecule has 0 aliphatic rings. The number of quaternary nitrogens is 1. The zero-order valence-electron chi connectivity index (χ0n) is 16.0. The standard InChI is InChI=1S/C22H38N.ClH/c1-4-6-7-8-9-10-11-15-20-23(3,19-5-2)21-18-22-16-13-12-14-17-22;/h5,12-14,16-17H,2,4,6-11,15,18-21H2,1,3H3;1H/q+1;/p-1. The summed E-state index contributed by atoms with van der Waals surface area (Å²) in [6.45, 7) is 9.84. The van der Waals surface area contributed by atoms with Crippen LogP contribution in [-0.2, 0) is 6.42 Å². The van der Waals surface area contributed by atoms with E-state index in [1.165, 1.54) is 76.4 Å². The minimum atomic E-state index is 0. The second-order valence-electron chi connectivity index (χ2n) is 7.25. The van der Waals surface area contributed by atoms with Gasteiger partial charge in [0.05, 0.1) is 26.7 Å². The molecule has 0 amide bonds. The Labute approximate surface area is 157 Å². The van der Waals surface area contributed by atoms with Crippen LogP contribution in [0, 0.1) is 0 Å². The first-order chi connectivity index (χ1) is 11.2. The van der Waals surface area contributed by atoms with E-state index in [1.807, 2.05) is 0 Å². The molecule has 0 saturated carbocycles. The van der Waals surface area contributed by atoms with E-state index >= 15 is 0 Å². The number of halogens is 1. The van der Waals surface area contributed by atoms with Gasteiger partial charge >= 0.3 is 0 Å². The maximum Gasteiger partial charge on any atom is 0.0969 e. The summed E-state index contributed by atoms with van der Waals surface area (Å²) in [6.07, 6.45) is 14.5. The fourth-order valence-electron chi connectivity index (χ4n) is 3.28. The predicted molar refractivity (Wildman–Crippen MR) is 104 cm³/mol. The summed E-state index contributed by atoms with van der Waals surface area (Å²) in [5.41, 5.74) is 1.46. The van der Waals surface area contributed by atoms with Crippen LogP contribution in [-0.4, -0.2) is 31.2 Å². The van der Waals surface area contributed by atoms with Crippen molar-refractivity contribution in [1.29, 1.82) is 0 Å². The monoisotopic (exact) mass is 351 g/mol. The second-order valence-corrected chi connectivity index (χ2v) is 7.25. The Morgan fingerprint density at radius 3 is 2.04 bits per heavy atom. The molecular formula is C22H38ClN. The van der Waals surface area contributed by atoms with Gasteiger partial charge in [0.1, 0.15) is 0 Å². The van der Waals surface area contributed by atoms with Gasteiger partial charge in [-0.3, -0.25) is 0 Å². The van der Waals surface area contributed by atoms with Crippen LogP contribution in [0.5, 0.6) is 0 Å². The molecule has 1 nitrogen and oxygen atoms in total. The molecule has 1 rings (SSSR count). The average Bonchev–Trinajstić information content (AvgIpc) is 2.57. The maximum absolute atomic E-state index is 3.97. The van der Waals surface area contributed by atoms with E-state index in [-0.39, 0.29) is 12.4 Å². The van der Waals surface area contributed by atoms with Crippen LogP contribution in [0.4, 0.5) is 0 Å². The molecule has 2 heteroatoms. The highest BCUT2D eigenvalue weighted by atomic mass is 35.5. The summed E-state index contributed by atoms with van der Waals surface area (Å²) < 4.78 is 1.13. The number of rotatable bonds is 14. The Morgan fingerprint density at radius 2 is 1.46 bits per heavy atom. The van der Waals surface area contributed by atoms with Gasteiger partial charge < -0.3 is 16.9 Å². The molecule has 1 atom stereocenters. The minimum absolute atomic E-state index is 0. The van der Waals surface area contributed by atoms with E-state index in [9.17, 15) is 0 Å². The van der Waals surface area contributed by atoms with E-state index in [0.29, 0.717) is 0 Å². The third-order valence-electron chi connectivity index (χ3n) is 4.90. The van der Waals surface area contributed by atoms with Crippen LogP contribution >= 0.6 is 0 Å². The summed E-state index contributed by atoms with van der Waals surface area (Å²) in [5.74, 6) is 0. The van der Waals surface area contributed by atoms with Crippen LogP contribution in [0.25, 0.3) is 0 Å². The molecule has 0 spiro atoms. The maximum atomic E-state index is 3.97. The van der Waals surface area contributed by atoms with Gasteiger partial charge in [0.2, 0.25) is 0 Å². The molecule has 0 aromatic heterocycles. The minimum Gasteiger partial charge on any atom is -1.00 e. The molecule has 0 fully saturated rings. The SMILES string of the molecule is C=CC[N+](C)(CCCCCCCCCC)CCc1ccccc1.[Cl-]. The fraction of sp³-hybridized carbons (Fsp3) is 0.636. The van der Waals surface area contributed by atoms with Crippen molar-refractivity contribution in [3.8, 4) is 0 Å². The van der Waals surface area contributed by atoms with E-state index in [0.717, 1.165) is 11.0 Å². The lowest BCUT2D eigenvalue weighted by atomic mass is 10.1. The zero-order chi connectivity index (χ0) is 16.8. The van der Waals surface area contributed by atoms with Crippen LogP contribution in [0.15, 0.2) is 43.0 Å². The topological polar surface area (TPSA) is 0 Å². The van der Waals surface area contributed by atoms with Crippen molar-refractivity contribution in [1.82, 2.24) is 0 Å². The van der Waals surface area contributed by atoms with Gasteiger partial charge in [-0.2, -0.15) is 0 Å². The molecule has 1 aromatic carbocycles. The van der Waals surface area contributed by atoms with E-state index in [2.05, 4.69) is 57.0 Å². The smallest absolute Gasteiger partial charge is 0.0969 e. The first kappa shape index (κ1) is 23.2. The number of unbranched alkanes of at least 4 members (excludes halogenated alkanes) is 7. The number of hydrogen-bond acceptors (Lipinski definition) is 0. The van der Waals surface area contributed by atoms with Gasteiger partial charge in [-0.1, -0.05) is 82.4 Å². The summed E-state index contributed by atoms with van der Waals surface area (Å²) in [7, 11) is 2.39. The molecule has 1 aromatic rings. The molecule has 0 N–H and O–H groups in total. The van der Waals surface area contributed by atoms with Gasteiger partial charge in [-0.15, -0.1) is 0 Å². The van der Waals surface area contributed by atoms with Gasteiger partial charge in [-0.05, 0) is 24.5 Å². The Bertz CT molecular complexity index is 404. The molecule has 138 valence electrons. The first-order valence-electron chi connectivity index (χ1n) is 9.68. The molecule has 0 bridgehead atoms. The molecular weight excluding hydrogens is 314 g/mol. The Kier molecular flexibility index (Phi) is 14.1. The van der Waals surface area contributed by atoms with Gasteiger partial charge in [-0.25, -0.2) is 0 Å². The van der Waals surface area contributed by atoms with Crippen molar-refractivity contribution in [2.24, 2.45) is 0 Å². The molecule has 0 aliphatic carbocycles. The number of nitrogens with zero attached hydrogens (tertiary/aromatic N) is 1. The van der Waals surface area contributed by atoms with Crippen molar-refractivity contribution >= 4 is 0 Å². The lowest BCUT2D eigenvalue weighted by molar-refractivity contribution is -0.904. The zero-order valence-corrected chi connectivity index (χ0v) is 16.7. The van der Waals surface area contributed by atoms with Crippen LogP contribution in [0.2, 0.25) is 0 Å². The third kappa shape index (κ3) is 10.9. The van der Waals surface area contributed by atoms with Gasteiger partial charge in [0.15, 0.2) is 0 Å². The molecule has 1 unspecified atom stereocenters. The molecule has 0 radical (unpaired) electrons. The van der Waals surface area contributed by atoms with Crippen LogP contribution in [0.1, 0.15) is 63.9 Å². The fourth-order valence-corrected chi connectivity index (χ4v) is 3.28. The Balaban J connectivity index is 0.00000529. The number of hydrogen-bond donors (Lipinski definition) is 0. The van der Waals surface area contributed by atoms with Gasteiger partial charge in [0, 0.05) is 6.42 Å². The van der Waals surface area contributed by atoms with E-state index in [1.54, 1.807) is 0 Å². The Morgan fingerprint density at radius 1 is 0.875 bits per heavy atom. The summed E-state index contributed by atoms with van der Waals surface area (Å²) in [4.78, 5) is 0. The number of benzene rings is 1. The Hall–Kier alpha value is -0.790. The summed E-state index contributed by atoms with van der Waals surface area (Å²) in [5, 5.41) is 0. The van der Waals surface area contributed by atoms with E-state index < -0.39 is 0 Å². The lowest BCUT2D eigenvalue weighted by Gasteiger charge is -2.34. The highest BCUT2D eigenvalue weighted by Crippen LogP contribution is 2.13. The highest BCUT2D eigenvalue weighted by Gasteiger charge is 2.19.